The Hall–Kier alpha value is -1.52. The van der Waals surface area contributed by atoms with Crippen LogP contribution in [-0.2, 0) is 6.54 Å². The van der Waals surface area contributed by atoms with E-state index in [2.05, 4.69) is 34.6 Å². The van der Waals surface area contributed by atoms with Crippen molar-refractivity contribution in [2.75, 3.05) is 0 Å². The summed E-state index contributed by atoms with van der Waals surface area (Å²) in [5.74, 6) is 2.15. The van der Waals surface area contributed by atoms with Gasteiger partial charge in [-0.2, -0.15) is 0 Å². The first-order valence-corrected chi connectivity index (χ1v) is 7.23. The Morgan fingerprint density at radius 2 is 1.95 bits per heavy atom. The Bertz CT molecular complexity index is 442. The van der Waals surface area contributed by atoms with Gasteiger partial charge in [0, 0.05) is 18.2 Å². The second kappa shape index (κ2) is 5.23. The van der Waals surface area contributed by atoms with E-state index >= 15 is 0 Å². The zero-order chi connectivity index (χ0) is 13.2. The molecule has 0 aromatic carbocycles. The number of nitrogens with one attached hydrogen (secondary N) is 2. The summed E-state index contributed by atoms with van der Waals surface area (Å²) in [6.07, 6.45) is 5.02. The highest BCUT2D eigenvalue weighted by Gasteiger charge is 2.26. The van der Waals surface area contributed by atoms with Crippen molar-refractivity contribution >= 4 is 5.96 Å². The molecule has 1 heterocycles. The van der Waals surface area contributed by atoms with Gasteiger partial charge in [-0.3, -0.25) is 0 Å². The van der Waals surface area contributed by atoms with E-state index in [1.807, 2.05) is 6.07 Å². The first-order valence-electron chi connectivity index (χ1n) is 7.23. The minimum Gasteiger partial charge on any atom is -0.359 e. The van der Waals surface area contributed by atoms with Crippen molar-refractivity contribution in [3.63, 3.8) is 0 Å². The number of hydrogen-bond donors (Lipinski definition) is 2. The van der Waals surface area contributed by atoms with E-state index in [0.717, 1.165) is 17.4 Å². The lowest BCUT2D eigenvalue weighted by molar-refractivity contribution is 0.376. The van der Waals surface area contributed by atoms with Gasteiger partial charge in [0.05, 0.1) is 5.69 Å². The average Bonchev–Trinajstić information content (AvgIpc) is 3.29. The predicted octanol–water partition coefficient (Wildman–Crippen LogP) is 2.16. The molecule has 0 atom stereocenters. The lowest BCUT2D eigenvalue weighted by Crippen LogP contribution is -2.39. The third kappa shape index (κ3) is 3.72. The van der Waals surface area contributed by atoms with Crippen LogP contribution in [0.4, 0.5) is 0 Å². The van der Waals surface area contributed by atoms with Crippen LogP contribution in [0, 0.1) is 0 Å². The molecule has 2 aliphatic rings. The lowest BCUT2D eigenvalue weighted by atomic mass is 10.1. The number of hydrogen-bond acceptors (Lipinski definition) is 3. The van der Waals surface area contributed by atoms with Crippen LogP contribution < -0.4 is 10.6 Å². The largest absolute Gasteiger partial charge is 0.359 e. The summed E-state index contributed by atoms with van der Waals surface area (Å²) in [5.41, 5.74) is 0.997. The smallest absolute Gasteiger partial charge is 0.192 e. The molecule has 0 radical (unpaired) electrons. The second-order valence-corrected chi connectivity index (χ2v) is 5.87. The molecule has 5 nitrogen and oxygen atoms in total. The van der Waals surface area contributed by atoms with Crippen LogP contribution in [0.15, 0.2) is 15.6 Å². The minimum atomic E-state index is 0.398. The van der Waals surface area contributed by atoms with E-state index in [9.17, 15) is 0 Å². The number of aromatic nitrogens is 1. The van der Waals surface area contributed by atoms with E-state index in [1.54, 1.807) is 0 Å². The molecule has 1 aromatic rings. The predicted molar refractivity (Wildman–Crippen MR) is 74.0 cm³/mol. The Balaban J connectivity index is 1.59. The summed E-state index contributed by atoms with van der Waals surface area (Å²) in [6, 6.07) is 3.23. The number of aliphatic imine (C=N–C) groups is 1. The van der Waals surface area contributed by atoms with Crippen molar-refractivity contribution in [1.82, 2.24) is 15.8 Å². The van der Waals surface area contributed by atoms with E-state index in [0.29, 0.717) is 24.5 Å². The highest BCUT2D eigenvalue weighted by atomic mass is 16.5. The Morgan fingerprint density at radius 3 is 2.42 bits per heavy atom. The molecular weight excluding hydrogens is 240 g/mol. The molecule has 3 rings (SSSR count). The third-order valence-electron chi connectivity index (χ3n) is 3.40. The maximum Gasteiger partial charge on any atom is 0.192 e. The van der Waals surface area contributed by atoms with Crippen molar-refractivity contribution in [3.05, 3.63) is 17.5 Å². The lowest BCUT2D eigenvalue weighted by Gasteiger charge is -2.10. The highest BCUT2D eigenvalue weighted by molar-refractivity contribution is 5.81. The molecule has 2 fully saturated rings. The van der Waals surface area contributed by atoms with Crippen molar-refractivity contribution in [1.29, 1.82) is 0 Å². The van der Waals surface area contributed by atoms with Crippen molar-refractivity contribution in [2.24, 2.45) is 4.99 Å². The van der Waals surface area contributed by atoms with Crippen LogP contribution in [0.1, 0.15) is 56.9 Å². The van der Waals surface area contributed by atoms with Gasteiger partial charge in [-0.25, -0.2) is 4.99 Å². The Labute approximate surface area is 113 Å². The molecule has 104 valence electrons. The van der Waals surface area contributed by atoms with Crippen molar-refractivity contribution < 1.29 is 4.52 Å². The fraction of sp³-hybridized carbons (Fsp3) is 0.714. The van der Waals surface area contributed by atoms with Crippen LogP contribution in [-0.4, -0.2) is 23.2 Å². The van der Waals surface area contributed by atoms with Gasteiger partial charge in [-0.15, -0.1) is 0 Å². The van der Waals surface area contributed by atoms with Gasteiger partial charge in [0.1, 0.15) is 6.54 Å². The molecule has 19 heavy (non-hydrogen) atoms. The van der Waals surface area contributed by atoms with Gasteiger partial charge in [-0.05, 0) is 31.6 Å². The van der Waals surface area contributed by atoms with Crippen LogP contribution in [0.25, 0.3) is 0 Å². The number of rotatable bonds is 5. The van der Waals surface area contributed by atoms with Crippen LogP contribution >= 0.6 is 0 Å². The van der Waals surface area contributed by atoms with Gasteiger partial charge in [0.2, 0.25) is 0 Å². The summed E-state index contributed by atoms with van der Waals surface area (Å²) in [7, 11) is 0. The summed E-state index contributed by atoms with van der Waals surface area (Å²) in [5, 5.41) is 10.9. The topological polar surface area (TPSA) is 62.5 Å². The number of nitrogens with zero attached hydrogens (tertiary/aromatic N) is 2. The van der Waals surface area contributed by atoms with Crippen LogP contribution in [0.2, 0.25) is 0 Å². The van der Waals surface area contributed by atoms with E-state index in [-0.39, 0.29) is 0 Å². The molecule has 0 spiro atoms. The summed E-state index contributed by atoms with van der Waals surface area (Å²) in [4.78, 5) is 4.59. The quantitative estimate of drug-likeness (QED) is 0.630. The molecule has 0 saturated heterocycles. The second-order valence-electron chi connectivity index (χ2n) is 5.87. The van der Waals surface area contributed by atoms with Gasteiger partial charge < -0.3 is 15.2 Å². The Kier molecular flexibility index (Phi) is 3.44. The third-order valence-corrected chi connectivity index (χ3v) is 3.40. The molecule has 0 aliphatic heterocycles. The van der Waals surface area contributed by atoms with Gasteiger partial charge >= 0.3 is 0 Å². The zero-order valence-corrected chi connectivity index (χ0v) is 11.6. The van der Waals surface area contributed by atoms with Gasteiger partial charge in [0.15, 0.2) is 11.7 Å². The molecule has 0 bridgehead atoms. The minimum absolute atomic E-state index is 0.398. The van der Waals surface area contributed by atoms with E-state index in [4.69, 9.17) is 4.52 Å². The zero-order valence-electron chi connectivity index (χ0n) is 11.6. The normalized spacial score (nSPS) is 18.5. The molecule has 2 aliphatic carbocycles. The van der Waals surface area contributed by atoms with E-state index in [1.165, 1.54) is 25.7 Å². The van der Waals surface area contributed by atoms with Crippen LogP contribution in [0.3, 0.4) is 0 Å². The van der Waals surface area contributed by atoms with Crippen molar-refractivity contribution in [2.45, 2.75) is 64.1 Å². The standard InChI is InChI=1S/C14H22N4O/c1-9(2)13-7-12(19-18-13)8-15-14(16-10-3-4-10)17-11-5-6-11/h7,9-11H,3-6,8H2,1-2H3,(H2,15,16,17). The number of guanidine groups is 1. The van der Waals surface area contributed by atoms with Gasteiger partial charge in [-0.1, -0.05) is 19.0 Å². The van der Waals surface area contributed by atoms with Crippen molar-refractivity contribution in [3.8, 4) is 0 Å². The van der Waals surface area contributed by atoms with Gasteiger partial charge in [0.25, 0.3) is 0 Å². The maximum atomic E-state index is 5.30. The SMILES string of the molecule is CC(C)c1cc(CN=C(NC2CC2)NC2CC2)on1. The summed E-state index contributed by atoms with van der Waals surface area (Å²) < 4.78 is 5.30. The highest BCUT2D eigenvalue weighted by Crippen LogP contribution is 2.21. The monoisotopic (exact) mass is 262 g/mol. The van der Waals surface area contributed by atoms with Crippen LogP contribution in [0.5, 0.6) is 0 Å². The maximum absolute atomic E-state index is 5.30. The summed E-state index contributed by atoms with van der Waals surface area (Å²) >= 11 is 0. The first kappa shape index (κ1) is 12.5. The molecule has 0 unspecified atom stereocenters. The van der Waals surface area contributed by atoms with E-state index < -0.39 is 0 Å². The molecule has 2 N–H and O–H groups in total. The Morgan fingerprint density at radius 1 is 1.32 bits per heavy atom. The average molecular weight is 262 g/mol. The molecule has 5 heteroatoms. The molecule has 0 amide bonds. The molecule has 2 saturated carbocycles. The molecular formula is C14H22N4O. The fourth-order valence-corrected chi connectivity index (χ4v) is 1.81. The fourth-order valence-electron chi connectivity index (χ4n) is 1.81. The first-order chi connectivity index (χ1) is 9.20. The molecule has 1 aromatic heterocycles. The summed E-state index contributed by atoms with van der Waals surface area (Å²) in [6.45, 7) is 4.77.